The maximum atomic E-state index is 5.08. The molecule has 0 radical (unpaired) electrons. The van der Waals surface area contributed by atoms with Crippen molar-refractivity contribution >= 4 is 5.95 Å². The summed E-state index contributed by atoms with van der Waals surface area (Å²) in [5.41, 5.74) is 2.29. The van der Waals surface area contributed by atoms with Gasteiger partial charge < -0.3 is 14.6 Å². The predicted octanol–water partition coefficient (Wildman–Crippen LogP) is 2.24. The van der Waals surface area contributed by atoms with E-state index in [-0.39, 0.29) is 0 Å². The van der Waals surface area contributed by atoms with Crippen molar-refractivity contribution in [1.82, 2.24) is 19.3 Å². The van der Waals surface area contributed by atoms with E-state index < -0.39 is 0 Å². The molecule has 0 aliphatic rings. The maximum absolute atomic E-state index is 5.08. The standard InChI is InChI=1S/C15H25N5O/c1-13-12-14(2)20(18-13)9-4-6-16-15-17-7-10-19(15)8-5-11-21-3/h7,10,12H,4-6,8-9,11H2,1-3H3,(H,16,17). The molecule has 1 N–H and O–H groups in total. The fraction of sp³-hybridized carbons (Fsp3) is 0.600. The predicted molar refractivity (Wildman–Crippen MR) is 83.5 cm³/mol. The molecule has 2 heterocycles. The van der Waals surface area contributed by atoms with E-state index in [1.807, 2.05) is 19.3 Å². The third-order valence-electron chi connectivity index (χ3n) is 3.40. The largest absolute Gasteiger partial charge is 0.385 e. The van der Waals surface area contributed by atoms with E-state index in [0.29, 0.717) is 0 Å². The van der Waals surface area contributed by atoms with Gasteiger partial charge in [0.15, 0.2) is 0 Å². The highest BCUT2D eigenvalue weighted by molar-refractivity contribution is 5.25. The summed E-state index contributed by atoms with van der Waals surface area (Å²) >= 11 is 0. The Morgan fingerprint density at radius 1 is 1.24 bits per heavy atom. The van der Waals surface area contributed by atoms with Crippen molar-refractivity contribution < 1.29 is 4.74 Å². The molecular formula is C15H25N5O. The quantitative estimate of drug-likeness (QED) is 0.720. The molecule has 0 saturated carbocycles. The Balaban J connectivity index is 1.73. The number of hydrogen-bond donors (Lipinski definition) is 1. The minimum absolute atomic E-state index is 0.773. The van der Waals surface area contributed by atoms with Crippen LogP contribution in [-0.4, -0.2) is 39.6 Å². The third kappa shape index (κ3) is 4.60. The number of rotatable bonds is 9. The molecule has 2 rings (SSSR count). The molecule has 0 amide bonds. The summed E-state index contributed by atoms with van der Waals surface area (Å²) in [5, 5.41) is 7.85. The highest BCUT2D eigenvalue weighted by Gasteiger charge is 2.03. The highest BCUT2D eigenvalue weighted by Crippen LogP contribution is 2.07. The van der Waals surface area contributed by atoms with Crippen LogP contribution < -0.4 is 5.32 Å². The average Bonchev–Trinajstić information content (AvgIpc) is 3.02. The first-order chi connectivity index (χ1) is 10.2. The zero-order valence-electron chi connectivity index (χ0n) is 13.2. The normalized spacial score (nSPS) is 11.0. The zero-order chi connectivity index (χ0) is 15.1. The fourth-order valence-corrected chi connectivity index (χ4v) is 2.37. The molecule has 0 saturated heterocycles. The smallest absolute Gasteiger partial charge is 0.202 e. The molecule has 6 nitrogen and oxygen atoms in total. The van der Waals surface area contributed by atoms with E-state index in [1.165, 1.54) is 5.69 Å². The lowest BCUT2D eigenvalue weighted by Gasteiger charge is -2.10. The molecule has 0 bridgehead atoms. The summed E-state index contributed by atoms with van der Waals surface area (Å²) in [6.45, 7) is 7.63. The van der Waals surface area contributed by atoms with Gasteiger partial charge in [0.25, 0.3) is 0 Å². The van der Waals surface area contributed by atoms with Crippen LogP contribution in [0.3, 0.4) is 0 Å². The summed E-state index contributed by atoms with van der Waals surface area (Å²) in [6, 6.07) is 2.11. The molecule has 0 aromatic carbocycles. The van der Waals surface area contributed by atoms with E-state index in [1.54, 1.807) is 7.11 Å². The molecule has 6 heteroatoms. The average molecular weight is 291 g/mol. The second kappa shape index (κ2) is 7.83. The van der Waals surface area contributed by atoms with Gasteiger partial charge in [-0.1, -0.05) is 0 Å². The van der Waals surface area contributed by atoms with Gasteiger partial charge in [0.2, 0.25) is 5.95 Å². The number of methoxy groups -OCH3 is 1. The number of aryl methyl sites for hydroxylation is 4. The van der Waals surface area contributed by atoms with Crippen molar-refractivity contribution in [3.63, 3.8) is 0 Å². The van der Waals surface area contributed by atoms with Gasteiger partial charge in [-0.15, -0.1) is 0 Å². The maximum Gasteiger partial charge on any atom is 0.202 e. The Hall–Kier alpha value is -1.82. The first kappa shape index (κ1) is 15.6. The highest BCUT2D eigenvalue weighted by atomic mass is 16.5. The number of imidazole rings is 1. The summed E-state index contributed by atoms with van der Waals surface area (Å²) in [4.78, 5) is 4.35. The van der Waals surface area contributed by atoms with Gasteiger partial charge in [0, 0.05) is 51.4 Å². The molecule has 116 valence electrons. The van der Waals surface area contributed by atoms with Crippen molar-refractivity contribution in [2.75, 3.05) is 25.6 Å². The Morgan fingerprint density at radius 3 is 2.81 bits per heavy atom. The van der Waals surface area contributed by atoms with Crippen LogP contribution in [0.2, 0.25) is 0 Å². The van der Waals surface area contributed by atoms with Crippen molar-refractivity contribution in [3.05, 3.63) is 29.8 Å². The Morgan fingerprint density at radius 2 is 2.10 bits per heavy atom. The number of hydrogen-bond acceptors (Lipinski definition) is 4. The van der Waals surface area contributed by atoms with Crippen LogP contribution in [0.1, 0.15) is 24.2 Å². The lowest BCUT2D eigenvalue weighted by atomic mass is 10.4. The Labute approximate surface area is 126 Å². The van der Waals surface area contributed by atoms with Crippen LogP contribution in [0.5, 0.6) is 0 Å². The van der Waals surface area contributed by atoms with E-state index in [4.69, 9.17) is 4.74 Å². The number of nitrogens with zero attached hydrogens (tertiary/aromatic N) is 4. The van der Waals surface area contributed by atoms with Crippen LogP contribution in [0.15, 0.2) is 18.5 Å². The van der Waals surface area contributed by atoms with Crippen molar-refractivity contribution in [1.29, 1.82) is 0 Å². The van der Waals surface area contributed by atoms with E-state index in [9.17, 15) is 0 Å². The monoisotopic (exact) mass is 291 g/mol. The van der Waals surface area contributed by atoms with Gasteiger partial charge >= 0.3 is 0 Å². The Kier molecular flexibility index (Phi) is 5.80. The fourth-order valence-electron chi connectivity index (χ4n) is 2.37. The first-order valence-corrected chi connectivity index (χ1v) is 7.45. The van der Waals surface area contributed by atoms with Gasteiger partial charge in [0.1, 0.15) is 0 Å². The molecule has 0 aliphatic heterocycles. The SMILES string of the molecule is COCCCn1ccnc1NCCCn1nc(C)cc1C. The number of anilines is 1. The molecule has 2 aromatic rings. The van der Waals surface area contributed by atoms with Crippen LogP contribution in [0.25, 0.3) is 0 Å². The molecule has 0 aliphatic carbocycles. The number of nitrogens with one attached hydrogen (secondary N) is 1. The molecule has 0 spiro atoms. The van der Waals surface area contributed by atoms with Crippen LogP contribution in [0, 0.1) is 13.8 Å². The van der Waals surface area contributed by atoms with E-state index in [0.717, 1.165) is 50.7 Å². The van der Waals surface area contributed by atoms with Gasteiger partial charge in [-0.2, -0.15) is 5.10 Å². The van der Waals surface area contributed by atoms with Crippen LogP contribution in [-0.2, 0) is 17.8 Å². The molecule has 0 unspecified atom stereocenters. The molecule has 0 atom stereocenters. The Bertz CT molecular complexity index is 546. The lowest BCUT2D eigenvalue weighted by Crippen LogP contribution is -2.12. The topological polar surface area (TPSA) is 56.9 Å². The second-order valence-electron chi connectivity index (χ2n) is 5.22. The minimum atomic E-state index is 0.773. The van der Waals surface area contributed by atoms with E-state index in [2.05, 4.69) is 37.6 Å². The van der Waals surface area contributed by atoms with Crippen molar-refractivity contribution in [2.45, 2.75) is 39.8 Å². The molecular weight excluding hydrogens is 266 g/mol. The van der Waals surface area contributed by atoms with Crippen LogP contribution >= 0.6 is 0 Å². The van der Waals surface area contributed by atoms with Crippen molar-refractivity contribution in [2.24, 2.45) is 0 Å². The number of aromatic nitrogens is 4. The molecule has 0 fully saturated rings. The third-order valence-corrected chi connectivity index (χ3v) is 3.40. The summed E-state index contributed by atoms with van der Waals surface area (Å²) in [5.74, 6) is 0.930. The van der Waals surface area contributed by atoms with Gasteiger partial charge in [-0.25, -0.2) is 4.98 Å². The van der Waals surface area contributed by atoms with E-state index >= 15 is 0 Å². The molecule has 2 aromatic heterocycles. The van der Waals surface area contributed by atoms with Crippen LogP contribution in [0.4, 0.5) is 5.95 Å². The van der Waals surface area contributed by atoms with Gasteiger partial charge in [-0.05, 0) is 32.8 Å². The zero-order valence-corrected chi connectivity index (χ0v) is 13.2. The summed E-state index contributed by atoms with van der Waals surface area (Å²) in [7, 11) is 1.73. The van der Waals surface area contributed by atoms with Crippen molar-refractivity contribution in [3.8, 4) is 0 Å². The molecule has 21 heavy (non-hydrogen) atoms. The minimum Gasteiger partial charge on any atom is -0.385 e. The second-order valence-corrected chi connectivity index (χ2v) is 5.22. The summed E-state index contributed by atoms with van der Waals surface area (Å²) in [6.07, 6.45) is 5.84. The number of ether oxygens (including phenoxy) is 1. The summed E-state index contributed by atoms with van der Waals surface area (Å²) < 4.78 is 9.26. The first-order valence-electron chi connectivity index (χ1n) is 7.45. The van der Waals surface area contributed by atoms with Gasteiger partial charge in [0.05, 0.1) is 5.69 Å². The van der Waals surface area contributed by atoms with Gasteiger partial charge in [-0.3, -0.25) is 4.68 Å². The lowest BCUT2D eigenvalue weighted by molar-refractivity contribution is 0.190.